The van der Waals surface area contributed by atoms with Gasteiger partial charge in [0.1, 0.15) is 5.76 Å². The van der Waals surface area contributed by atoms with Gasteiger partial charge in [0.2, 0.25) is 0 Å². The van der Waals surface area contributed by atoms with Crippen LogP contribution in [0.2, 0.25) is 0 Å². The molecule has 1 aromatic carbocycles. The zero-order chi connectivity index (χ0) is 13.2. The van der Waals surface area contributed by atoms with E-state index in [1.165, 1.54) is 0 Å². The Morgan fingerprint density at radius 1 is 1.21 bits per heavy atom. The first kappa shape index (κ1) is 11.6. The van der Waals surface area contributed by atoms with E-state index in [4.69, 9.17) is 10.2 Å². The van der Waals surface area contributed by atoms with E-state index in [0.29, 0.717) is 6.54 Å². The Kier molecular flexibility index (Phi) is 2.83. The molecule has 0 unspecified atom stereocenters. The molecule has 2 aromatic heterocycles. The summed E-state index contributed by atoms with van der Waals surface area (Å²) in [7, 11) is 2.00. The van der Waals surface area contributed by atoms with Gasteiger partial charge in [-0.3, -0.25) is 4.98 Å². The Bertz CT molecular complexity index is 692. The van der Waals surface area contributed by atoms with E-state index in [0.717, 1.165) is 28.0 Å². The summed E-state index contributed by atoms with van der Waals surface area (Å²) in [6.45, 7) is 0.684. The summed E-state index contributed by atoms with van der Waals surface area (Å²) in [6, 6.07) is 11.7. The van der Waals surface area contributed by atoms with Crippen LogP contribution in [0, 0.1) is 0 Å². The number of hydrogen-bond donors (Lipinski definition) is 1. The Balaban J connectivity index is 1.98. The lowest BCUT2D eigenvalue weighted by molar-refractivity contribution is 0.507. The standard InChI is InChI=1S/C15H15N3O/c1-18(10-11-4-3-9-19-11)14-7-6-13-12(15(14)16)5-2-8-17-13/h2-9H,10,16H2,1H3. The summed E-state index contributed by atoms with van der Waals surface area (Å²) >= 11 is 0. The van der Waals surface area contributed by atoms with Crippen molar-refractivity contribution in [1.29, 1.82) is 0 Å². The molecule has 4 nitrogen and oxygen atoms in total. The maximum atomic E-state index is 6.24. The average Bonchev–Trinajstić information content (AvgIpc) is 2.92. The van der Waals surface area contributed by atoms with Gasteiger partial charge >= 0.3 is 0 Å². The number of nitrogens with two attached hydrogens (primary N) is 1. The molecule has 0 aliphatic heterocycles. The first-order chi connectivity index (χ1) is 9.25. The molecule has 0 aliphatic carbocycles. The van der Waals surface area contributed by atoms with E-state index in [9.17, 15) is 0 Å². The normalized spacial score (nSPS) is 10.8. The monoisotopic (exact) mass is 253 g/mol. The topological polar surface area (TPSA) is 55.3 Å². The number of anilines is 2. The van der Waals surface area contributed by atoms with Crippen LogP contribution in [0.5, 0.6) is 0 Å². The maximum absolute atomic E-state index is 6.24. The number of furan rings is 1. The van der Waals surface area contributed by atoms with Crippen LogP contribution in [0.15, 0.2) is 53.3 Å². The highest BCUT2D eigenvalue weighted by Crippen LogP contribution is 2.30. The first-order valence-electron chi connectivity index (χ1n) is 6.12. The first-order valence-corrected chi connectivity index (χ1v) is 6.12. The molecule has 2 heterocycles. The van der Waals surface area contributed by atoms with E-state index < -0.39 is 0 Å². The van der Waals surface area contributed by atoms with Gasteiger partial charge in [-0.1, -0.05) is 0 Å². The SMILES string of the molecule is CN(Cc1ccco1)c1ccc2ncccc2c1N. The van der Waals surface area contributed by atoms with Gasteiger partial charge in [-0.05, 0) is 36.4 Å². The number of nitrogen functional groups attached to an aromatic ring is 1. The van der Waals surface area contributed by atoms with Crippen molar-refractivity contribution in [1.82, 2.24) is 4.98 Å². The molecular formula is C15H15N3O. The molecule has 96 valence electrons. The van der Waals surface area contributed by atoms with E-state index in [-0.39, 0.29) is 0 Å². The van der Waals surface area contributed by atoms with Gasteiger partial charge in [-0.15, -0.1) is 0 Å². The molecule has 19 heavy (non-hydrogen) atoms. The Morgan fingerprint density at radius 2 is 2.11 bits per heavy atom. The zero-order valence-electron chi connectivity index (χ0n) is 10.7. The number of nitrogens with zero attached hydrogens (tertiary/aromatic N) is 2. The number of hydrogen-bond acceptors (Lipinski definition) is 4. The van der Waals surface area contributed by atoms with Crippen LogP contribution in [0.25, 0.3) is 10.9 Å². The van der Waals surface area contributed by atoms with Crippen molar-refractivity contribution < 1.29 is 4.42 Å². The fourth-order valence-electron chi connectivity index (χ4n) is 2.22. The van der Waals surface area contributed by atoms with Crippen molar-refractivity contribution in [3.8, 4) is 0 Å². The van der Waals surface area contributed by atoms with Gasteiger partial charge in [-0.2, -0.15) is 0 Å². The van der Waals surface area contributed by atoms with Crippen LogP contribution >= 0.6 is 0 Å². The molecule has 0 spiro atoms. The third-order valence-corrected chi connectivity index (χ3v) is 3.19. The largest absolute Gasteiger partial charge is 0.467 e. The van der Waals surface area contributed by atoms with Crippen molar-refractivity contribution in [2.24, 2.45) is 0 Å². The van der Waals surface area contributed by atoms with Crippen LogP contribution in [0.4, 0.5) is 11.4 Å². The van der Waals surface area contributed by atoms with E-state index in [1.54, 1.807) is 12.5 Å². The Labute approximate surface area is 111 Å². The second-order valence-corrected chi connectivity index (χ2v) is 4.50. The predicted molar refractivity (Wildman–Crippen MR) is 77.0 cm³/mol. The molecule has 3 aromatic rings. The third kappa shape index (κ3) is 2.12. The van der Waals surface area contributed by atoms with Gasteiger partial charge < -0.3 is 15.1 Å². The lowest BCUT2D eigenvalue weighted by Gasteiger charge is -2.20. The maximum Gasteiger partial charge on any atom is 0.123 e. The summed E-state index contributed by atoms with van der Waals surface area (Å²) in [5.41, 5.74) is 8.88. The average molecular weight is 253 g/mol. The van der Waals surface area contributed by atoms with Crippen molar-refractivity contribution in [3.05, 3.63) is 54.6 Å². The lowest BCUT2D eigenvalue weighted by atomic mass is 10.1. The molecule has 0 amide bonds. The molecule has 0 aliphatic rings. The minimum absolute atomic E-state index is 0.684. The number of benzene rings is 1. The van der Waals surface area contributed by atoms with Crippen LogP contribution in [-0.4, -0.2) is 12.0 Å². The van der Waals surface area contributed by atoms with Gasteiger partial charge in [0.15, 0.2) is 0 Å². The Morgan fingerprint density at radius 3 is 2.89 bits per heavy atom. The van der Waals surface area contributed by atoms with Gasteiger partial charge in [0.25, 0.3) is 0 Å². The van der Waals surface area contributed by atoms with Crippen molar-refractivity contribution in [2.45, 2.75) is 6.54 Å². The molecule has 0 saturated carbocycles. The molecule has 0 atom stereocenters. The number of fused-ring (bicyclic) bond motifs is 1. The number of pyridine rings is 1. The summed E-state index contributed by atoms with van der Waals surface area (Å²) < 4.78 is 5.36. The van der Waals surface area contributed by atoms with Crippen LogP contribution in [0.1, 0.15) is 5.76 Å². The second-order valence-electron chi connectivity index (χ2n) is 4.50. The molecule has 3 rings (SSSR count). The summed E-state index contributed by atoms with van der Waals surface area (Å²) in [4.78, 5) is 6.37. The fourth-order valence-corrected chi connectivity index (χ4v) is 2.22. The molecule has 0 fully saturated rings. The minimum Gasteiger partial charge on any atom is -0.467 e. The third-order valence-electron chi connectivity index (χ3n) is 3.19. The highest BCUT2D eigenvalue weighted by molar-refractivity contribution is 5.97. The highest BCUT2D eigenvalue weighted by Gasteiger charge is 2.10. The fraction of sp³-hybridized carbons (Fsp3) is 0.133. The molecule has 0 bridgehead atoms. The van der Waals surface area contributed by atoms with E-state index >= 15 is 0 Å². The summed E-state index contributed by atoms with van der Waals surface area (Å²) in [5.74, 6) is 0.910. The highest BCUT2D eigenvalue weighted by atomic mass is 16.3. The van der Waals surface area contributed by atoms with Crippen LogP contribution < -0.4 is 10.6 Å². The molecule has 2 N–H and O–H groups in total. The van der Waals surface area contributed by atoms with Gasteiger partial charge in [0, 0.05) is 18.6 Å². The predicted octanol–water partition coefficient (Wildman–Crippen LogP) is 3.05. The van der Waals surface area contributed by atoms with Crippen molar-refractivity contribution >= 4 is 22.3 Å². The van der Waals surface area contributed by atoms with Crippen LogP contribution in [0.3, 0.4) is 0 Å². The van der Waals surface area contributed by atoms with E-state index in [2.05, 4.69) is 9.88 Å². The molecule has 4 heteroatoms. The second kappa shape index (κ2) is 4.65. The van der Waals surface area contributed by atoms with E-state index in [1.807, 2.05) is 43.4 Å². The minimum atomic E-state index is 0.684. The Hall–Kier alpha value is -2.49. The van der Waals surface area contributed by atoms with Gasteiger partial charge in [-0.25, -0.2) is 0 Å². The molecule has 0 saturated heterocycles. The lowest BCUT2D eigenvalue weighted by Crippen LogP contribution is -2.17. The smallest absolute Gasteiger partial charge is 0.123 e. The number of aromatic nitrogens is 1. The quantitative estimate of drug-likeness (QED) is 0.729. The number of rotatable bonds is 3. The molecular weight excluding hydrogens is 238 g/mol. The van der Waals surface area contributed by atoms with Crippen LogP contribution in [-0.2, 0) is 6.54 Å². The summed E-state index contributed by atoms with van der Waals surface area (Å²) in [5, 5.41) is 0.978. The van der Waals surface area contributed by atoms with Crippen molar-refractivity contribution in [3.63, 3.8) is 0 Å². The summed E-state index contributed by atoms with van der Waals surface area (Å²) in [6.07, 6.45) is 3.45. The zero-order valence-corrected chi connectivity index (χ0v) is 10.7. The van der Waals surface area contributed by atoms with Crippen molar-refractivity contribution in [2.75, 3.05) is 17.7 Å². The van der Waals surface area contributed by atoms with Gasteiger partial charge in [0.05, 0.1) is 29.7 Å². The molecule has 0 radical (unpaired) electrons.